The van der Waals surface area contributed by atoms with E-state index >= 15 is 0 Å². The fraction of sp³-hybridized carbons (Fsp3) is 0.174. The quantitative estimate of drug-likeness (QED) is 0.611. The summed E-state index contributed by atoms with van der Waals surface area (Å²) in [5.74, 6) is -0.385. The van der Waals surface area contributed by atoms with Crippen LogP contribution in [-0.4, -0.2) is 27.4 Å². The van der Waals surface area contributed by atoms with Gasteiger partial charge in [0.05, 0.1) is 28.5 Å². The first-order chi connectivity index (χ1) is 14.9. The van der Waals surface area contributed by atoms with E-state index in [1.54, 1.807) is 56.3 Å². The van der Waals surface area contributed by atoms with Crippen LogP contribution < -0.4 is 14.9 Å². The smallest absolute Gasteiger partial charge is 0.338 e. The second kappa shape index (κ2) is 8.23. The number of rotatable bonds is 4. The highest BCUT2D eigenvalue weighted by molar-refractivity contribution is 7.07. The standard InChI is InChI=1S/C23H20N2O5S/c1-3-30-22(29)19-13(2)24-23-25(20(19)15-5-4-6-17(27)12-15)21(28)18(31-23)11-14-7-9-16(26)10-8-14/h4-12,20,26-27H,3H2,1-2H3/b18-11-. The van der Waals surface area contributed by atoms with E-state index in [0.717, 1.165) is 5.56 Å². The maximum Gasteiger partial charge on any atom is 0.338 e. The molecule has 0 saturated heterocycles. The van der Waals surface area contributed by atoms with Crippen molar-refractivity contribution in [2.24, 2.45) is 4.99 Å². The van der Waals surface area contributed by atoms with Crippen LogP contribution in [0.15, 0.2) is 69.6 Å². The Kier molecular flexibility index (Phi) is 5.48. The van der Waals surface area contributed by atoms with Crippen LogP contribution in [0.25, 0.3) is 6.08 Å². The van der Waals surface area contributed by atoms with E-state index in [9.17, 15) is 19.8 Å². The van der Waals surface area contributed by atoms with E-state index in [4.69, 9.17) is 4.74 Å². The first-order valence-corrected chi connectivity index (χ1v) is 10.5. The molecule has 4 rings (SSSR count). The van der Waals surface area contributed by atoms with E-state index in [1.807, 2.05) is 0 Å². The molecule has 1 aliphatic heterocycles. The number of benzene rings is 2. The number of phenols is 2. The van der Waals surface area contributed by atoms with Crippen molar-refractivity contribution in [1.82, 2.24) is 4.57 Å². The lowest BCUT2D eigenvalue weighted by Gasteiger charge is -2.24. The van der Waals surface area contributed by atoms with E-state index in [1.165, 1.54) is 28.0 Å². The molecule has 0 bridgehead atoms. The fourth-order valence-corrected chi connectivity index (χ4v) is 4.57. The number of allylic oxidation sites excluding steroid dienone is 1. The molecule has 8 heteroatoms. The van der Waals surface area contributed by atoms with Crippen molar-refractivity contribution in [2.75, 3.05) is 6.61 Å². The van der Waals surface area contributed by atoms with Crippen molar-refractivity contribution in [1.29, 1.82) is 0 Å². The normalized spacial score (nSPS) is 16.1. The molecule has 1 aromatic heterocycles. The summed E-state index contributed by atoms with van der Waals surface area (Å²) in [6.45, 7) is 3.61. The van der Waals surface area contributed by atoms with Crippen molar-refractivity contribution in [2.45, 2.75) is 19.9 Å². The number of fused-ring (bicyclic) bond motifs is 1. The van der Waals surface area contributed by atoms with Gasteiger partial charge in [-0.25, -0.2) is 9.79 Å². The van der Waals surface area contributed by atoms with Crippen molar-refractivity contribution in [3.8, 4) is 11.5 Å². The molecular weight excluding hydrogens is 416 g/mol. The molecule has 7 nitrogen and oxygen atoms in total. The number of phenolic OH excluding ortho intramolecular Hbond substituents is 2. The molecule has 0 fully saturated rings. The molecule has 3 aromatic rings. The molecule has 2 heterocycles. The zero-order valence-corrected chi connectivity index (χ0v) is 17.7. The Labute approximate surface area is 181 Å². The zero-order valence-electron chi connectivity index (χ0n) is 16.9. The van der Waals surface area contributed by atoms with Gasteiger partial charge in [0, 0.05) is 0 Å². The zero-order chi connectivity index (χ0) is 22.1. The number of carbonyl (C=O) groups excluding carboxylic acids is 1. The summed E-state index contributed by atoms with van der Waals surface area (Å²) in [5.41, 5.74) is 1.74. The molecule has 1 unspecified atom stereocenters. The van der Waals surface area contributed by atoms with E-state index < -0.39 is 12.0 Å². The van der Waals surface area contributed by atoms with E-state index in [2.05, 4.69) is 4.99 Å². The number of carbonyl (C=O) groups is 1. The molecule has 0 saturated carbocycles. The summed E-state index contributed by atoms with van der Waals surface area (Å²) >= 11 is 1.21. The second-order valence-electron chi connectivity index (χ2n) is 6.99. The van der Waals surface area contributed by atoms with Gasteiger partial charge in [-0.15, -0.1) is 0 Å². The van der Waals surface area contributed by atoms with Crippen molar-refractivity contribution in [3.63, 3.8) is 0 Å². The molecule has 0 radical (unpaired) electrons. The molecule has 2 N–H and O–H groups in total. The molecule has 0 spiro atoms. The van der Waals surface area contributed by atoms with Crippen molar-refractivity contribution >= 4 is 23.4 Å². The molecule has 158 valence electrons. The van der Waals surface area contributed by atoms with Crippen LogP contribution in [0.3, 0.4) is 0 Å². The molecule has 2 aromatic carbocycles. The van der Waals surface area contributed by atoms with E-state index in [-0.39, 0.29) is 29.2 Å². The lowest BCUT2D eigenvalue weighted by Crippen LogP contribution is -2.39. The summed E-state index contributed by atoms with van der Waals surface area (Å²) < 4.78 is 7.14. The van der Waals surface area contributed by atoms with Crippen LogP contribution in [0.5, 0.6) is 11.5 Å². The topological polar surface area (TPSA) is 101 Å². The summed E-state index contributed by atoms with van der Waals surface area (Å²) in [4.78, 5) is 31.1. The highest BCUT2D eigenvalue weighted by Gasteiger charge is 2.33. The number of aromatic hydroxyl groups is 2. The van der Waals surface area contributed by atoms with Gasteiger partial charge < -0.3 is 14.9 Å². The summed E-state index contributed by atoms with van der Waals surface area (Å²) in [7, 11) is 0. The molecule has 1 aliphatic rings. The Bertz CT molecular complexity index is 1370. The largest absolute Gasteiger partial charge is 0.508 e. The van der Waals surface area contributed by atoms with Gasteiger partial charge in [-0.1, -0.05) is 35.6 Å². The number of nitrogens with zero attached hydrogens (tertiary/aromatic N) is 2. The Morgan fingerprint density at radius 2 is 1.94 bits per heavy atom. The number of aromatic nitrogens is 1. The SMILES string of the molecule is CCOC(=O)C1=C(C)N=c2s/c(=C\c3ccc(O)cc3)c(=O)n2C1c1cccc(O)c1. The number of ether oxygens (including phenoxy) is 1. The van der Waals surface area contributed by atoms with Crippen LogP contribution in [0.4, 0.5) is 0 Å². The average molecular weight is 436 g/mol. The Morgan fingerprint density at radius 3 is 2.61 bits per heavy atom. The highest BCUT2D eigenvalue weighted by atomic mass is 32.1. The predicted octanol–water partition coefficient (Wildman–Crippen LogP) is 2.21. The molecule has 1 atom stereocenters. The Morgan fingerprint density at radius 1 is 1.19 bits per heavy atom. The predicted molar refractivity (Wildman–Crippen MR) is 117 cm³/mol. The maximum absolute atomic E-state index is 13.4. The van der Waals surface area contributed by atoms with Crippen LogP contribution in [-0.2, 0) is 9.53 Å². The summed E-state index contributed by atoms with van der Waals surface area (Å²) in [6.07, 6.45) is 1.71. The number of thiazole rings is 1. The third kappa shape index (κ3) is 3.89. The third-order valence-corrected chi connectivity index (χ3v) is 5.88. The fourth-order valence-electron chi connectivity index (χ4n) is 3.52. The number of hydrogen-bond donors (Lipinski definition) is 2. The van der Waals surface area contributed by atoms with Gasteiger partial charge in [0.2, 0.25) is 0 Å². The van der Waals surface area contributed by atoms with Gasteiger partial charge in [-0.3, -0.25) is 9.36 Å². The van der Waals surface area contributed by atoms with Crippen LogP contribution in [0.1, 0.15) is 31.0 Å². The Balaban J connectivity index is 1.96. The van der Waals surface area contributed by atoms with E-state index in [0.29, 0.717) is 20.6 Å². The molecule has 0 amide bonds. The van der Waals surface area contributed by atoms with Gasteiger partial charge in [-0.05, 0) is 55.3 Å². The number of hydrogen-bond acceptors (Lipinski definition) is 7. The van der Waals surface area contributed by atoms with Crippen LogP contribution in [0.2, 0.25) is 0 Å². The minimum absolute atomic E-state index is 0.0292. The summed E-state index contributed by atoms with van der Waals surface area (Å²) in [6, 6.07) is 12.2. The minimum atomic E-state index is -0.774. The summed E-state index contributed by atoms with van der Waals surface area (Å²) in [5, 5.41) is 19.5. The third-order valence-electron chi connectivity index (χ3n) is 4.89. The van der Waals surface area contributed by atoms with Gasteiger partial charge >= 0.3 is 5.97 Å². The Hall–Kier alpha value is -3.65. The lowest BCUT2D eigenvalue weighted by atomic mass is 9.96. The first-order valence-electron chi connectivity index (χ1n) is 9.66. The van der Waals surface area contributed by atoms with Gasteiger partial charge in [0.1, 0.15) is 11.5 Å². The first kappa shape index (κ1) is 20.6. The second-order valence-corrected chi connectivity index (χ2v) is 8.00. The molecule has 31 heavy (non-hydrogen) atoms. The van der Waals surface area contributed by atoms with Gasteiger partial charge in [-0.2, -0.15) is 0 Å². The maximum atomic E-state index is 13.4. The van der Waals surface area contributed by atoms with Crippen molar-refractivity contribution < 1.29 is 19.7 Å². The minimum Gasteiger partial charge on any atom is -0.508 e. The monoisotopic (exact) mass is 436 g/mol. The van der Waals surface area contributed by atoms with Gasteiger partial charge in [0.25, 0.3) is 5.56 Å². The molecule has 0 aliphatic carbocycles. The molecular formula is C23H20N2O5S. The highest BCUT2D eigenvalue weighted by Crippen LogP contribution is 2.32. The van der Waals surface area contributed by atoms with Crippen LogP contribution in [0, 0.1) is 0 Å². The van der Waals surface area contributed by atoms with Gasteiger partial charge in [0.15, 0.2) is 4.80 Å². The van der Waals surface area contributed by atoms with Crippen molar-refractivity contribution in [3.05, 3.63) is 90.6 Å². The lowest BCUT2D eigenvalue weighted by molar-refractivity contribution is -0.139. The number of esters is 1. The average Bonchev–Trinajstić information content (AvgIpc) is 3.03. The van der Waals surface area contributed by atoms with Crippen LogP contribution >= 0.6 is 11.3 Å².